The van der Waals surface area contributed by atoms with Crippen LogP contribution in [0.5, 0.6) is 0 Å². The van der Waals surface area contributed by atoms with Crippen molar-refractivity contribution >= 4 is 107 Å². The Balaban J connectivity index is 1.32. The molecule has 4 nitrogen and oxygen atoms in total. The fourth-order valence-electron chi connectivity index (χ4n) is 9.30. The second kappa shape index (κ2) is 12.5. The first-order chi connectivity index (χ1) is 29.3. The van der Waals surface area contributed by atoms with Gasteiger partial charge >= 0.3 is 6.18 Å². The largest absolute Gasteiger partial charge is 0.416 e. The highest BCUT2D eigenvalue weighted by Gasteiger charge is 2.32. The van der Waals surface area contributed by atoms with Gasteiger partial charge in [0.1, 0.15) is 11.6 Å². The van der Waals surface area contributed by atoms with Gasteiger partial charge in [0.25, 0.3) is 0 Å². The van der Waals surface area contributed by atoms with Crippen LogP contribution in [-0.4, -0.2) is 9.13 Å². The molecule has 0 saturated heterocycles. The highest BCUT2D eigenvalue weighted by Crippen LogP contribution is 2.47. The second-order valence-electron chi connectivity index (χ2n) is 15.0. The molecule has 0 spiro atoms. The lowest BCUT2D eigenvalue weighted by molar-refractivity contribution is -0.137. The van der Waals surface area contributed by atoms with E-state index in [1.165, 1.54) is 6.07 Å². The van der Waals surface area contributed by atoms with Crippen molar-refractivity contribution in [3.05, 3.63) is 168 Å². The third-order valence-electron chi connectivity index (χ3n) is 11.8. The fourth-order valence-corrected chi connectivity index (χ4v) is 11.5. The van der Waals surface area contributed by atoms with E-state index in [1.807, 2.05) is 78.9 Å². The molecule has 0 N–H and O–H groups in total. The van der Waals surface area contributed by atoms with Crippen molar-refractivity contribution < 1.29 is 13.2 Å². The minimum atomic E-state index is -4.70. The first-order valence-corrected chi connectivity index (χ1v) is 20.8. The smallest absolute Gasteiger partial charge is 0.307 e. The zero-order valence-corrected chi connectivity index (χ0v) is 32.8. The van der Waals surface area contributed by atoms with Crippen molar-refractivity contribution in [2.24, 2.45) is 0 Å². The quantitative estimate of drug-likeness (QED) is 0.178. The first-order valence-electron chi connectivity index (χ1n) is 19.2. The molecule has 60 heavy (non-hydrogen) atoms. The summed E-state index contributed by atoms with van der Waals surface area (Å²) in [6.45, 7) is 0. The molecule has 0 saturated carbocycles. The molecule has 12 aromatic rings. The fraction of sp³-hybridized carbons (Fsp3) is 0.0196. The number of nitrogens with zero attached hydrogens (tertiary/aromatic N) is 4. The van der Waals surface area contributed by atoms with Gasteiger partial charge in [0, 0.05) is 61.9 Å². The summed E-state index contributed by atoms with van der Waals surface area (Å²) in [7, 11) is 0. The van der Waals surface area contributed by atoms with Crippen molar-refractivity contribution in [2.75, 3.05) is 0 Å². The van der Waals surface area contributed by atoms with E-state index in [4.69, 9.17) is 0 Å². The van der Waals surface area contributed by atoms with Crippen LogP contribution in [0.2, 0.25) is 0 Å². The Kier molecular flexibility index (Phi) is 7.23. The van der Waals surface area contributed by atoms with Crippen LogP contribution in [0.25, 0.3) is 106 Å². The van der Waals surface area contributed by atoms with Gasteiger partial charge in [-0.05, 0) is 77.9 Å². The van der Waals surface area contributed by atoms with Gasteiger partial charge in [0.15, 0.2) is 0 Å². The number of alkyl halides is 3. The Morgan fingerprint density at radius 1 is 0.450 bits per heavy atom. The number of nitriles is 2. The molecule has 0 atom stereocenters. The average Bonchev–Trinajstić information content (AvgIpc) is 4.02. The molecular weight excluding hydrogens is 790 g/mol. The molecule has 0 unspecified atom stereocenters. The van der Waals surface area contributed by atoms with Crippen LogP contribution in [-0.2, 0) is 6.18 Å². The summed E-state index contributed by atoms with van der Waals surface area (Å²) in [4.78, 5) is 0. The normalized spacial score (nSPS) is 12.2. The third kappa shape index (κ3) is 4.82. The lowest BCUT2D eigenvalue weighted by atomic mass is 9.96. The number of hydrogen-bond acceptors (Lipinski definition) is 4. The molecule has 0 radical (unpaired) electrons. The Morgan fingerprint density at radius 3 is 1.40 bits per heavy atom. The summed E-state index contributed by atoms with van der Waals surface area (Å²) in [5.41, 5.74) is 4.51. The number of aromatic nitrogens is 2. The van der Waals surface area contributed by atoms with Crippen LogP contribution in [0.1, 0.15) is 16.7 Å². The summed E-state index contributed by atoms with van der Waals surface area (Å²) in [5.74, 6) is 0. The van der Waals surface area contributed by atoms with Gasteiger partial charge in [-0.3, -0.25) is 0 Å². The second-order valence-corrected chi connectivity index (χ2v) is 17.1. The van der Waals surface area contributed by atoms with Crippen LogP contribution in [0.15, 0.2) is 152 Å². The van der Waals surface area contributed by atoms with E-state index < -0.39 is 11.7 Å². The van der Waals surface area contributed by atoms with E-state index in [2.05, 4.69) is 75.9 Å². The van der Waals surface area contributed by atoms with E-state index >= 15 is 0 Å². The van der Waals surface area contributed by atoms with E-state index in [1.54, 1.807) is 22.7 Å². The van der Waals surface area contributed by atoms with Crippen LogP contribution >= 0.6 is 22.7 Å². The SMILES string of the molecule is N#Cc1cc(-c2cc(-n3c4ccccc4c4ccc5sc6ccccc6c5c43)c(C#N)c(-n3c4ccccc4c4ccc5sc6ccccc6c5c43)c2)cc(C(F)(F)F)c1. The van der Waals surface area contributed by atoms with Gasteiger partial charge in [-0.15, -0.1) is 22.7 Å². The van der Waals surface area contributed by atoms with Crippen molar-refractivity contribution in [3.8, 4) is 34.6 Å². The number of halogens is 3. The van der Waals surface area contributed by atoms with Crippen molar-refractivity contribution in [2.45, 2.75) is 6.18 Å². The molecule has 0 aliphatic heterocycles. The summed E-state index contributed by atoms with van der Waals surface area (Å²) in [6, 6.07) is 52.9. The maximum atomic E-state index is 14.6. The number of hydrogen-bond donors (Lipinski definition) is 0. The standard InChI is InChI=1S/C51H25F3N4S2/c52-51(53,54)31-22-28(26-55)21-29(23-31)30-24-41(57-39-13-5-1-9-32(39)34-17-19-45-47(49(34)57)36-11-3-7-15-43(36)59-45)38(27-56)42(25-30)58-40-14-6-2-10-33(40)35-18-20-46-48(50(35)58)37-12-4-8-16-44(37)60-46/h1-25H. The molecular formula is C51H25F3N4S2. The molecule has 0 aliphatic rings. The Hall–Kier alpha value is -7.43. The third-order valence-corrected chi connectivity index (χ3v) is 14.0. The molecule has 0 fully saturated rings. The van der Waals surface area contributed by atoms with Gasteiger partial charge < -0.3 is 9.13 Å². The van der Waals surface area contributed by atoms with Crippen molar-refractivity contribution in [1.82, 2.24) is 9.13 Å². The number of benzene rings is 8. The monoisotopic (exact) mass is 814 g/mol. The van der Waals surface area contributed by atoms with Crippen LogP contribution < -0.4 is 0 Å². The van der Waals surface area contributed by atoms with E-state index in [9.17, 15) is 23.7 Å². The molecule has 8 aromatic carbocycles. The number of rotatable bonds is 3. The molecule has 12 rings (SSSR count). The average molecular weight is 815 g/mol. The predicted octanol–water partition coefficient (Wildman–Crippen LogP) is 15.0. The molecule has 4 aromatic heterocycles. The Morgan fingerprint density at radius 2 is 0.917 bits per heavy atom. The van der Waals surface area contributed by atoms with Crippen molar-refractivity contribution in [3.63, 3.8) is 0 Å². The van der Waals surface area contributed by atoms with Crippen molar-refractivity contribution in [1.29, 1.82) is 10.5 Å². The highest BCUT2D eigenvalue weighted by molar-refractivity contribution is 7.26. The molecule has 0 aliphatic carbocycles. The maximum absolute atomic E-state index is 14.6. The predicted molar refractivity (Wildman–Crippen MR) is 241 cm³/mol. The number of thiophene rings is 2. The minimum Gasteiger partial charge on any atom is -0.307 e. The van der Waals surface area contributed by atoms with Gasteiger partial charge in [-0.25, -0.2) is 0 Å². The lowest BCUT2D eigenvalue weighted by Crippen LogP contribution is -2.07. The van der Waals surface area contributed by atoms with E-state index in [0.717, 1.165) is 96.1 Å². The molecule has 0 bridgehead atoms. The zero-order valence-electron chi connectivity index (χ0n) is 31.2. The molecule has 4 heterocycles. The van der Waals surface area contributed by atoms with Crippen LogP contribution in [0.4, 0.5) is 13.2 Å². The number of para-hydroxylation sites is 2. The molecule has 9 heteroatoms. The lowest BCUT2D eigenvalue weighted by Gasteiger charge is -2.19. The summed E-state index contributed by atoms with van der Waals surface area (Å²) in [6.07, 6.45) is -4.70. The Bertz CT molecular complexity index is 3710. The van der Waals surface area contributed by atoms with Gasteiger partial charge in [-0.1, -0.05) is 84.9 Å². The van der Waals surface area contributed by atoms with Gasteiger partial charge in [-0.2, -0.15) is 23.7 Å². The van der Waals surface area contributed by atoms with Crippen LogP contribution in [0.3, 0.4) is 0 Å². The topological polar surface area (TPSA) is 57.4 Å². The molecule has 0 amide bonds. The first kappa shape index (κ1) is 34.6. The van der Waals surface area contributed by atoms with Gasteiger partial charge in [0.05, 0.1) is 50.6 Å². The molecule has 282 valence electrons. The minimum absolute atomic E-state index is 0.112. The Labute approximate surface area is 347 Å². The summed E-state index contributed by atoms with van der Waals surface area (Å²) in [5, 5.41) is 29.8. The van der Waals surface area contributed by atoms with Gasteiger partial charge in [0.2, 0.25) is 0 Å². The maximum Gasteiger partial charge on any atom is 0.416 e. The number of fused-ring (bicyclic) bond motifs is 14. The summed E-state index contributed by atoms with van der Waals surface area (Å²) >= 11 is 3.39. The van der Waals surface area contributed by atoms with Crippen LogP contribution in [0, 0.1) is 22.7 Å². The summed E-state index contributed by atoms with van der Waals surface area (Å²) < 4.78 is 52.3. The zero-order chi connectivity index (χ0) is 40.4. The van der Waals surface area contributed by atoms with E-state index in [-0.39, 0.29) is 11.1 Å². The highest BCUT2D eigenvalue weighted by atomic mass is 32.1. The van der Waals surface area contributed by atoms with E-state index in [0.29, 0.717) is 22.5 Å².